The van der Waals surface area contributed by atoms with Crippen molar-refractivity contribution in [3.8, 4) is 0 Å². The Morgan fingerprint density at radius 2 is 1.95 bits per heavy atom. The summed E-state index contributed by atoms with van der Waals surface area (Å²) in [6.07, 6.45) is 7.94. The molecule has 0 aromatic carbocycles. The van der Waals surface area contributed by atoms with E-state index in [-0.39, 0.29) is 5.84 Å². The van der Waals surface area contributed by atoms with Crippen LogP contribution in [-0.2, 0) is 0 Å². The lowest BCUT2D eigenvalue weighted by atomic mass is 10.4. The first kappa shape index (κ1) is 12.8. The fraction of sp³-hybridized carbons (Fsp3) is 0.462. The number of nitrogens with two attached hydrogens (primary N) is 1. The molecule has 2 heterocycles. The Morgan fingerprint density at radius 1 is 1.19 bits per heavy atom. The lowest BCUT2D eigenvalue weighted by Crippen LogP contribution is -2.15. The lowest BCUT2D eigenvalue weighted by Gasteiger charge is -2.08. The van der Waals surface area contributed by atoms with Crippen LogP contribution in [0.5, 0.6) is 0 Å². The van der Waals surface area contributed by atoms with Crippen molar-refractivity contribution in [2.75, 3.05) is 0 Å². The van der Waals surface area contributed by atoms with Crippen molar-refractivity contribution < 1.29 is 0 Å². The number of aromatic nitrogens is 5. The molecular formula is C13H15N7S. The summed E-state index contributed by atoms with van der Waals surface area (Å²) in [6.45, 7) is 0. The van der Waals surface area contributed by atoms with Crippen LogP contribution < -0.4 is 5.73 Å². The third-order valence-electron chi connectivity index (χ3n) is 3.65. The Morgan fingerprint density at radius 3 is 2.62 bits per heavy atom. The second kappa shape index (κ2) is 4.80. The molecular weight excluding hydrogens is 286 g/mol. The maximum atomic E-state index is 7.60. The average molecular weight is 301 g/mol. The van der Waals surface area contributed by atoms with Gasteiger partial charge in [0.25, 0.3) is 0 Å². The molecule has 2 aliphatic rings. The SMILES string of the molecule is N=C(N)c1nccnc1Sc1nnc(C2CC2)n1C1CC1. The number of rotatable bonds is 5. The summed E-state index contributed by atoms with van der Waals surface area (Å²) in [4.78, 5) is 8.41. The van der Waals surface area contributed by atoms with Crippen LogP contribution in [0.2, 0.25) is 0 Å². The zero-order valence-corrected chi connectivity index (χ0v) is 12.2. The first-order valence-electron chi connectivity index (χ1n) is 7.02. The molecule has 0 saturated heterocycles. The van der Waals surface area contributed by atoms with Crippen molar-refractivity contribution in [3.05, 3.63) is 23.9 Å². The first-order valence-corrected chi connectivity index (χ1v) is 7.83. The van der Waals surface area contributed by atoms with Crippen LogP contribution in [0.3, 0.4) is 0 Å². The van der Waals surface area contributed by atoms with Gasteiger partial charge in [-0.1, -0.05) is 0 Å². The van der Waals surface area contributed by atoms with E-state index < -0.39 is 0 Å². The average Bonchev–Trinajstić information content (AvgIpc) is 3.39. The van der Waals surface area contributed by atoms with Gasteiger partial charge < -0.3 is 10.3 Å². The van der Waals surface area contributed by atoms with E-state index in [4.69, 9.17) is 11.1 Å². The zero-order valence-electron chi connectivity index (χ0n) is 11.4. The van der Waals surface area contributed by atoms with Crippen molar-refractivity contribution in [1.82, 2.24) is 24.7 Å². The molecule has 108 valence electrons. The highest BCUT2D eigenvalue weighted by molar-refractivity contribution is 7.99. The fourth-order valence-corrected chi connectivity index (χ4v) is 3.29. The van der Waals surface area contributed by atoms with E-state index >= 15 is 0 Å². The molecule has 0 atom stereocenters. The molecule has 0 bridgehead atoms. The maximum absolute atomic E-state index is 7.60. The molecule has 2 aliphatic carbocycles. The molecule has 0 amide bonds. The van der Waals surface area contributed by atoms with Gasteiger partial charge in [-0.15, -0.1) is 10.2 Å². The van der Waals surface area contributed by atoms with Gasteiger partial charge in [0.2, 0.25) is 0 Å². The van der Waals surface area contributed by atoms with E-state index in [1.165, 1.54) is 37.4 Å². The van der Waals surface area contributed by atoms with Crippen molar-refractivity contribution in [3.63, 3.8) is 0 Å². The Balaban J connectivity index is 1.70. The van der Waals surface area contributed by atoms with Crippen molar-refractivity contribution in [2.24, 2.45) is 5.73 Å². The van der Waals surface area contributed by atoms with E-state index in [0.29, 0.717) is 22.7 Å². The minimum Gasteiger partial charge on any atom is -0.382 e. The third-order valence-corrected chi connectivity index (χ3v) is 4.61. The van der Waals surface area contributed by atoms with E-state index in [1.807, 2.05) is 0 Å². The molecule has 0 unspecified atom stereocenters. The molecule has 4 rings (SSSR count). The number of hydrogen-bond acceptors (Lipinski definition) is 6. The van der Waals surface area contributed by atoms with Crippen molar-refractivity contribution in [1.29, 1.82) is 5.41 Å². The van der Waals surface area contributed by atoms with Crippen LogP contribution in [0.25, 0.3) is 0 Å². The highest BCUT2D eigenvalue weighted by Crippen LogP contribution is 2.46. The minimum atomic E-state index is -0.0782. The summed E-state index contributed by atoms with van der Waals surface area (Å²) in [5, 5.41) is 17.7. The van der Waals surface area contributed by atoms with Gasteiger partial charge in [0.1, 0.15) is 22.4 Å². The summed E-state index contributed by atoms with van der Waals surface area (Å²) in [6, 6.07) is 0.524. The van der Waals surface area contributed by atoms with E-state index in [0.717, 1.165) is 11.0 Å². The Bertz CT molecular complexity index is 702. The van der Waals surface area contributed by atoms with Crippen LogP contribution >= 0.6 is 11.8 Å². The number of nitrogens with zero attached hydrogens (tertiary/aromatic N) is 5. The standard InChI is InChI=1S/C13H15N7S/c14-10(15)9-12(17-6-5-16-9)21-13-19-18-11(7-1-2-7)20(13)8-3-4-8/h5-8H,1-4H2,(H3,14,15). The van der Waals surface area contributed by atoms with Gasteiger partial charge in [-0.05, 0) is 37.4 Å². The predicted molar refractivity (Wildman–Crippen MR) is 77.4 cm³/mol. The van der Waals surface area contributed by atoms with E-state index in [1.54, 1.807) is 12.4 Å². The third kappa shape index (κ3) is 2.39. The zero-order chi connectivity index (χ0) is 14.4. The number of nitrogen functional groups attached to an aromatic ring is 1. The monoisotopic (exact) mass is 301 g/mol. The number of amidine groups is 1. The molecule has 0 aliphatic heterocycles. The second-order valence-electron chi connectivity index (χ2n) is 5.44. The Hall–Kier alpha value is -1.96. The molecule has 2 saturated carbocycles. The molecule has 2 aromatic heterocycles. The topological polar surface area (TPSA) is 106 Å². The maximum Gasteiger partial charge on any atom is 0.197 e. The first-order chi connectivity index (χ1) is 10.2. The minimum absolute atomic E-state index is 0.0782. The van der Waals surface area contributed by atoms with Crippen LogP contribution in [-0.4, -0.2) is 30.6 Å². The van der Waals surface area contributed by atoms with Gasteiger partial charge in [0, 0.05) is 24.4 Å². The molecule has 21 heavy (non-hydrogen) atoms. The van der Waals surface area contributed by atoms with Gasteiger partial charge in [0.05, 0.1) is 0 Å². The molecule has 0 spiro atoms. The highest BCUT2D eigenvalue weighted by atomic mass is 32.2. The normalized spacial score (nSPS) is 17.9. The summed E-state index contributed by atoms with van der Waals surface area (Å²) in [5.74, 6) is 1.60. The highest BCUT2D eigenvalue weighted by Gasteiger charge is 2.36. The van der Waals surface area contributed by atoms with Gasteiger partial charge in [0.15, 0.2) is 5.16 Å². The summed E-state index contributed by atoms with van der Waals surface area (Å²) >= 11 is 1.40. The molecule has 2 aromatic rings. The summed E-state index contributed by atoms with van der Waals surface area (Å²) < 4.78 is 2.25. The van der Waals surface area contributed by atoms with Crippen LogP contribution in [0.15, 0.2) is 22.6 Å². The van der Waals surface area contributed by atoms with Gasteiger partial charge in [-0.25, -0.2) is 9.97 Å². The Labute approximate surface area is 125 Å². The lowest BCUT2D eigenvalue weighted by molar-refractivity contribution is 0.626. The summed E-state index contributed by atoms with van der Waals surface area (Å²) in [7, 11) is 0. The predicted octanol–water partition coefficient (Wildman–Crippen LogP) is 1.72. The molecule has 2 fully saturated rings. The quantitative estimate of drug-likeness (QED) is 0.643. The van der Waals surface area contributed by atoms with Gasteiger partial charge in [-0.2, -0.15) is 0 Å². The van der Waals surface area contributed by atoms with Crippen molar-refractivity contribution >= 4 is 17.6 Å². The van der Waals surface area contributed by atoms with Crippen LogP contribution in [0.4, 0.5) is 0 Å². The largest absolute Gasteiger partial charge is 0.382 e. The molecule has 7 nitrogen and oxygen atoms in total. The van der Waals surface area contributed by atoms with Gasteiger partial charge >= 0.3 is 0 Å². The molecule has 3 N–H and O–H groups in total. The van der Waals surface area contributed by atoms with E-state index in [2.05, 4.69) is 24.7 Å². The summed E-state index contributed by atoms with van der Waals surface area (Å²) in [5.41, 5.74) is 5.97. The molecule has 0 radical (unpaired) electrons. The van der Waals surface area contributed by atoms with Crippen LogP contribution in [0, 0.1) is 5.41 Å². The second-order valence-corrected chi connectivity index (χ2v) is 6.40. The van der Waals surface area contributed by atoms with E-state index in [9.17, 15) is 0 Å². The smallest absolute Gasteiger partial charge is 0.197 e. The number of nitrogens with one attached hydrogen (secondary N) is 1. The number of hydrogen-bond donors (Lipinski definition) is 2. The van der Waals surface area contributed by atoms with Crippen molar-refractivity contribution in [2.45, 2.75) is 47.8 Å². The van der Waals surface area contributed by atoms with Gasteiger partial charge in [-0.3, -0.25) is 5.41 Å². The Kier molecular flexibility index (Phi) is 2.91. The molecule has 8 heteroatoms. The fourth-order valence-electron chi connectivity index (χ4n) is 2.32. The van der Waals surface area contributed by atoms with Crippen LogP contribution in [0.1, 0.15) is 49.2 Å².